The van der Waals surface area contributed by atoms with E-state index in [1.165, 1.54) is 11.3 Å². The number of fused-ring (bicyclic) bond motifs is 3. The van der Waals surface area contributed by atoms with E-state index in [1.807, 2.05) is 30.3 Å². The fourth-order valence-corrected chi connectivity index (χ4v) is 5.39. The summed E-state index contributed by atoms with van der Waals surface area (Å²) in [5.74, 6) is -0.714. The normalized spacial score (nSPS) is 16.3. The fraction of sp³-hybridized carbons (Fsp3) is 0.381. The third-order valence-electron chi connectivity index (χ3n) is 5.04. The van der Waals surface area contributed by atoms with E-state index in [-0.39, 0.29) is 17.4 Å². The third-order valence-corrected chi connectivity index (χ3v) is 7.11. The summed E-state index contributed by atoms with van der Waals surface area (Å²) in [5.41, 5.74) is 1.91. The van der Waals surface area contributed by atoms with E-state index in [0.717, 1.165) is 27.8 Å². The number of hydrogen-bond acceptors (Lipinski definition) is 6. The van der Waals surface area contributed by atoms with E-state index in [0.29, 0.717) is 40.9 Å². The molecule has 0 unspecified atom stereocenters. The molecule has 0 saturated carbocycles. The highest BCUT2D eigenvalue weighted by Gasteiger charge is 2.28. The topological polar surface area (TPSA) is 81.4 Å². The molecule has 8 heteroatoms. The van der Waals surface area contributed by atoms with Crippen LogP contribution in [0.4, 0.5) is 0 Å². The molecule has 0 saturated heterocycles. The second kappa shape index (κ2) is 8.30. The summed E-state index contributed by atoms with van der Waals surface area (Å²) in [7, 11) is 0. The number of thioether (sulfide) groups is 1. The van der Waals surface area contributed by atoms with Gasteiger partial charge < -0.3 is 9.84 Å². The van der Waals surface area contributed by atoms with Crippen molar-refractivity contribution < 1.29 is 14.6 Å². The maximum Gasteiger partial charge on any atom is 0.313 e. The smallest absolute Gasteiger partial charge is 0.313 e. The number of carbonyl (C=O) groups is 1. The first-order valence-electron chi connectivity index (χ1n) is 9.49. The van der Waals surface area contributed by atoms with Gasteiger partial charge in [0.05, 0.1) is 30.4 Å². The van der Waals surface area contributed by atoms with Crippen molar-refractivity contribution in [2.24, 2.45) is 5.92 Å². The van der Waals surface area contributed by atoms with Crippen molar-refractivity contribution in [2.75, 3.05) is 5.75 Å². The molecule has 1 aliphatic heterocycles. The van der Waals surface area contributed by atoms with Gasteiger partial charge in [0.15, 0.2) is 5.16 Å². The van der Waals surface area contributed by atoms with Gasteiger partial charge in [-0.2, -0.15) is 0 Å². The molecule has 1 aliphatic rings. The number of ether oxygens (including phenoxy) is 1. The summed E-state index contributed by atoms with van der Waals surface area (Å²) in [5, 5.41) is 10.2. The molecule has 152 valence electrons. The molecule has 29 heavy (non-hydrogen) atoms. The molecule has 0 radical (unpaired) electrons. The monoisotopic (exact) mass is 430 g/mol. The lowest BCUT2D eigenvalue weighted by molar-refractivity contribution is -0.133. The number of carboxylic acid groups (broad SMARTS) is 1. The van der Waals surface area contributed by atoms with Crippen LogP contribution < -0.4 is 5.56 Å². The van der Waals surface area contributed by atoms with Crippen LogP contribution in [0.3, 0.4) is 0 Å². The minimum absolute atomic E-state index is 0.0864. The van der Waals surface area contributed by atoms with Crippen LogP contribution in [0.5, 0.6) is 0 Å². The number of nitrogens with zero attached hydrogens (tertiary/aromatic N) is 2. The molecule has 0 aliphatic carbocycles. The Balaban J connectivity index is 1.84. The van der Waals surface area contributed by atoms with E-state index < -0.39 is 5.97 Å². The lowest BCUT2D eigenvalue weighted by atomic mass is 9.96. The van der Waals surface area contributed by atoms with Gasteiger partial charge in [-0.15, -0.1) is 11.3 Å². The van der Waals surface area contributed by atoms with Crippen LogP contribution in [0, 0.1) is 5.92 Å². The van der Waals surface area contributed by atoms with Gasteiger partial charge in [0.2, 0.25) is 0 Å². The van der Waals surface area contributed by atoms with Crippen LogP contribution in [0.1, 0.15) is 29.9 Å². The Morgan fingerprint density at radius 1 is 1.38 bits per heavy atom. The van der Waals surface area contributed by atoms with Crippen LogP contribution >= 0.6 is 23.1 Å². The lowest BCUT2D eigenvalue weighted by Crippen LogP contribution is -2.29. The van der Waals surface area contributed by atoms with Crippen molar-refractivity contribution in [3.05, 3.63) is 56.7 Å². The molecule has 1 N–H and O–H groups in total. The average molecular weight is 431 g/mol. The molecule has 2 aromatic heterocycles. The van der Waals surface area contributed by atoms with Gasteiger partial charge in [-0.25, -0.2) is 4.98 Å². The Labute approximate surface area is 176 Å². The number of hydrogen-bond donors (Lipinski definition) is 1. The minimum Gasteiger partial charge on any atom is -0.481 e. The highest BCUT2D eigenvalue weighted by atomic mass is 32.2. The summed E-state index contributed by atoms with van der Waals surface area (Å²) in [6, 6.07) is 9.68. The Morgan fingerprint density at radius 3 is 2.83 bits per heavy atom. The summed E-state index contributed by atoms with van der Waals surface area (Å²) < 4.78 is 7.57. The molecular formula is C21H22N2O4S2. The number of rotatable bonds is 6. The van der Waals surface area contributed by atoms with E-state index in [2.05, 4.69) is 13.8 Å². The average Bonchev–Trinajstić information content (AvgIpc) is 3.07. The predicted octanol–water partition coefficient (Wildman–Crippen LogP) is 3.78. The highest BCUT2D eigenvalue weighted by molar-refractivity contribution is 7.99. The molecule has 3 heterocycles. The van der Waals surface area contributed by atoms with Crippen LogP contribution in [0.15, 0.2) is 40.3 Å². The van der Waals surface area contributed by atoms with Crippen molar-refractivity contribution in [1.82, 2.24) is 9.55 Å². The van der Waals surface area contributed by atoms with Gasteiger partial charge in [-0.05, 0) is 17.0 Å². The number of aromatic nitrogens is 2. The Kier molecular flexibility index (Phi) is 5.76. The molecule has 1 atom stereocenters. The Morgan fingerprint density at radius 2 is 2.14 bits per heavy atom. The van der Waals surface area contributed by atoms with Crippen molar-refractivity contribution in [3.63, 3.8) is 0 Å². The molecular weight excluding hydrogens is 408 g/mol. The zero-order valence-electron chi connectivity index (χ0n) is 16.3. The maximum absolute atomic E-state index is 13.5. The summed E-state index contributed by atoms with van der Waals surface area (Å²) in [6.45, 7) is 5.10. The Bertz CT molecular complexity index is 1110. The van der Waals surface area contributed by atoms with Crippen LogP contribution in [0.2, 0.25) is 0 Å². The van der Waals surface area contributed by atoms with E-state index in [1.54, 1.807) is 4.57 Å². The fourth-order valence-electron chi connectivity index (χ4n) is 3.51. The first-order chi connectivity index (χ1) is 13.9. The second-order valence-electron chi connectivity index (χ2n) is 7.44. The van der Waals surface area contributed by atoms with Gasteiger partial charge in [0.25, 0.3) is 5.56 Å². The minimum atomic E-state index is -0.936. The largest absolute Gasteiger partial charge is 0.481 e. The first kappa shape index (κ1) is 20.1. The van der Waals surface area contributed by atoms with Gasteiger partial charge in [0, 0.05) is 11.3 Å². The second-order valence-corrected chi connectivity index (χ2v) is 9.46. The number of aliphatic carboxylic acids is 1. The summed E-state index contributed by atoms with van der Waals surface area (Å²) in [6.07, 6.45) is 0.792. The van der Waals surface area contributed by atoms with Gasteiger partial charge >= 0.3 is 5.97 Å². The molecule has 3 aromatic rings. The van der Waals surface area contributed by atoms with Crippen molar-refractivity contribution in [3.8, 4) is 0 Å². The van der Waals surface area contributed by atoms with Crippen LogP contribution in [-0.2, 0) is 29.1 Å². The van der Waals surface area contributed by atoms with Crippen LogP contribution in [0.25, 0.3) is 10.2 Å². The predicted molar refractivity (Wildman–Crippen MR) is 115 cm³/mol. The maximum atomic E-state index is 13.5. The molecule has 0 spiro atoms. The van der Waals surface area contributed by atoms with Gasteiger partial charge in [0.1, 0.15) is 4.83 Å². The first-order valence-corrected chi connectivity index (χ1v) is 11.3. The van der Waals surface area contributed by atoms with Crippen LogP contribution in [-0.4, -0.2) is 32.5 Å². The molecule has 0 fully saturated rings. The SMILES string of the molecule is CC(C)[C@@H]1Cc2c(sc3nc(SCC(=O)O)n(Cc4ccccc4)c(=O)c23)CO1. The van der Waals surface area contributed by atoms with E-state index in [9.17, 15) is 9.59 Å². The standard InChI is InChI=1S/C21H22N2O4S2/c1-12(2)15-8-14-16(10-27-15)29-19-18(14)20(26)23(9-13-6-4-3-5-7-13)21(22-19)28-11-17(24)25/h3-7,12,15H,8-11H2,1-2H3,(H,24,25)/t15-/m0/s1. The highest BCUT2D eigenvalue weighted by Crippen LogP contribution is 2.36. The zero-order valence-corrected chi connectivity index (χ0v) is 17.9. The molecule has 0 bridgehead atoms. The van der Waals surface area contributed by atoms with Crippen molar-refractivity contribution >= 4 is 39.3 Å². The quantitative estimate of drug-likeness (QED) is 0.473. The lowest BCUT2D eigenvalue weighted by Gasteiger charge is -2.26. The summed E-state index contributed by atoms with van der Waals surface area (Å²) >= 11 is 2.56. The van der Waals surface area contributed by atoms with Crippen molar-refractivity contribution in [1.29, 1.82) is 0 Å². The molecule has 4 rings (SSSR count). The molecule has 0 amide bonds. The van der Waals surface area contributed by atoms with Crippen molar-refractivity contribution in [2.45, 2.75) is 44.7 Å². The summed E-state index contributed by atoms with van der Waals surface area (Å²) in [4.78, 5) is 31.1. The van der Waals surface area contributed by atoms with E-state index in [4.69, 9.17) is 14.8 Å². The zero-order chi connectivity index (χ0) is 20.5. The number of benzene rings is 1. The molecule has 1 aromatic carbocycles. The van der Waals surface area contributed by atoms with E-state index >= 15 is 0 Å². The van der Waals surface area contributed by atoms with Gasteiger partial charge in [-0.1, -0.05) is 55.9 Å². The number of carboxylic acids is 1. The Hall–Kier alpha value is -2.16. The third kappa shape index (κ3) is 4.10. The number of thiophene rings is 1. The van der Waals surface area contributed by atoms with Gasteiger partial charge in [-0.3, -0.25) is 14.2 Å². The molecule has 6 nitrogen and oxygen atoms in total.